The third-order valence-electron chi connectivity index (χ3n) is 2.27. The van der Waals surface area contributed by atoms with Gasteiger partial charge in [-0.25, -0.2) is 24.0 Å². The van der Waals surface area contributed by atoms with Crippen LogP contribution >= 0.6 is 0 Å². The molecule has 0 bridgehead atoms. The molecule has 0 fully saturated rings. The van der Waals surface area contributed by atoms with Crippen molar-refractivity contribution in [3.05, 3.63) is 42.4 Å². The van der Waals surface area contributed by atoms with Crippen molar-refractivity contribution < 1.29 is 8.42 Å². The molecule has 0 aliphatic heterocycles. The van der Waals surface area contributed by atoms with E-state index in [0.717, 1.165) is 0 Å². The normalized spacial score (nSPS) is 11.2. The smallest absolute Gasteiger partial charge is 0.242 e. The molecule has 19 heavy (non-hydrogen) atoms. The van der Waals surface area contributed by atoms with Gasteiger partial charge in [0.25, 0.3) is 0 Å². The predicted octanol–water partition coefficient (Wildman–Crippen LogP) is -0.364. The monoisotopic (exact) mass is 280 g/mol. The van der Waals surface area contributed by atoms with Crippen LogP contribution in [0.2, 0.25) is 0 Å². The maximum Gasteiger partial charge on any atom is 0.242 e. The van der Waals surface area contributed by atoms with Gasteiger partial charge in [0.05, 0.1) is 12.2 Å². The summed E-state index contributed by atoms with van der Waals surface area (Å²) in [5.41, 5.74) is 2.85. The molecule has 2 heterocycles. The molecule has 100 valence electrons. The minimum absolute atomic E-state index is 0.0513. The topological polar surface area (TPSA) is 123 Å². The molecule has 0 radical (unpaired) electrons. The van der Waals surface area contributed by atoms with Gasteiger partial charge >= 0.3 is 0 Å². The van der Waals surface area contributed by atoms with Crippen LogP contribution in [0.25, 0.3) is 0 Å². The van der Waals surface area contributed by atoms with Gasteiger partial charge in [-0.05, 0) is 24.3 Å². The van der Waals surface area contributed by atoms with Crippen molar-refractivity contribution in [2.24, 2.45) is 5.84 Å². The Morgan fingerprint density at radius 2 is 2.11 bits per heavy atom. The molecule has 2 aromatic rings. The summed E-state index contributed by atoms with van der Waals surface area (Å²) in [7, 11) is -3.63. The zero-order valence-electron chi connectivity index (χ0n) is 9.81. The Balaban J connectivity index is 2.09. The van der Waals surface area contributed by atoms with E-state index in [9.17, 15) is 8.42 Å². The average Bonchev–Trinajstić information content (AvgIpc) is 2.46. The number of hydrogen-bond donors (Lipinski definition) is 3. The molecule has 0 saturated heterocycles. The van der Waals surface area contributed by atoms with Crippen molar-refractivity contribution >= 4 is 15.8 Å². The molecule has 0 amide bonds. The largest absolute Gasteiger partial charge is 0.308 e. The van der Waals surface area contributed by atoms with E-state index in [0.29, 0.717) is 11.5 Å². The fourth-order valence-electron chi connectivity index (χ4n) is 1.30. The quantitative estimate of drug-likeness (QED) is 0.504. The third-order valence-corrected chi connectivity index (χ3v) is 3.65. The average molecular weight is 280 g/mol. The number of hydrogen-bond acceptors (Lipinski definition) is 7. The summed E-state index contributed by atoms with van der Waals surface area (Å²) >= 11 is 0. The first kappa shape index (κ1) is 13.3. The lowest BCUT2D eigenvalue weighted by Crippen LogP contribution is -2.24. The summed E-state index contributed by atoms with van der Waals surface area (Å²) in [4.78, 5) is 3.89. The second-order valence-corrected chi connectivity index (χ2v) is 5.33. The van der Waals surface area contributed by atoms with E-state index in [1.165, 1.54) is 24.5 Å². The Bertz CT molecular complexity index is 629. The molecule has 9 heteroatoms. The lowest BCUT2D eigenvalue weighted by Gasteiger charge is -2.06. The number of nitrogens with one attached hydrogen (secondary N) is 2. The first-order chi connectivity index (χ1) is 9.12. The van der Waals surface area contributed by atoms with Gasteiger partial charge < -0.3 is 5.43 Å². The third kappa shape index (κ3) is 3.44. The van der Waals surface area contributed by atoms with Crippen LogP contribution in [0.1, 0.15) is 5.69 Å². The van der Waals surface area contributed by atoms with E-state index in [-0.39, 0.29) is 11.4 Å². The van der Waals surface area contributed by atoms with E-state index < -0.39 is 10.0 Å². The Labute approximate surface area is 110 Å². The molecule has 0 spiro atoms. The first-order valence-corrected chi connectivity index (χ1v) is 6.79. The lowest BCUT2D eigenvalue weighted by atomic mass is 10.4. The maximum absolute atomic E-state index is 12.0. The van der Waals surface area contributed by atoms with Crippen LogP contribution in [0.3, 0.4) is 0 Å². The van der Waals surface area contributed by atoms with Crippen LogP contribution in [0.15, 0.2) is 41.6 Å². The Hall–Kier alpha value is -2.10. The van der Waals surface area contributed by atoms with Crippen molar-refractivity contribution in [1.82, 2.24) is 19.9 Å². The zero-order valence-corrected chi connectivity index (χ0v) is 10.6. The van der Waals surface area contributed by atoms with E-state index in [1.54, 1.807) is 12.1 Å². The SMILES string of the molecule is NNc1ccc(S(=O)(=O)NCc2cccnn2)cn1. The van der Waals surface area contributed by atoms with E-state index in [1.807, 2.05) is 0 Å². The van der Waals surface area contributed by atoms with Crippen LogP contribution < -0.4 is 16.0 Å². The summed E-state index contributed by atoms with van der Waals surface area (Å²) in [5, 5.41) is 7.45. The predicted molar refractivity (Wildman–Crippen MR) is 68.1 cm³/mol. The highest BCUT2D eigenvalue weighted by molar-refractivity contribution is 7.89. The number of rotatable bonds is 5. The second-order valence-electron chi connectivity index (χ2n) is 3.56. The van der Waals surface area contributed by atoms with Gasteiger partial charge in [0, 0.05) is 12.4 Å². The van der Waals surface area contributed by atoms with Crippen molar-refractivity contribution in [2.75, 3.05) is 5.43 Å². The Morgan fingerprint density at radius 1 is 1.26 bits per heavy atom. The molecule has 2 rings (SSSR count). The molecule has 0 saturated carbocycles. The minimum atomic E-state index is -3.63. The number of anilines is 1. The van der Waals surface area contributed by atoms with Crippen LogP contribution in [0.5, 0.6) is 0 Å². The number of hydrazine groups is 1. The van der Waals surface area contributed by atoms with Crippen LogP contribution in [-0.2, 0) is 16.6 Å². The number of nitrogen functional groups attached to an aromatic ring is 1. The highest BCUT2D eigenvalue weighted by Crippen LogP contribution is 2.10. The number of nitrogens with two attached hydrogens (primary N) is 1. The number of sulfonamides is 1. The number of pyridine rings is 1. The van der Waals surface area contributed by atoms with E-state index in [4.69, 9.17) is 5.84 Å². The van der Waals surface area contributed by atoms with Gasteiger partial charge in [-0.1, -0.05) is 0 Å². The van der Waals surface area contributed by atoms with Gasteiger partial charge in [-0.15, -0.1) is 0 Å². The molecule has 0 aliphatic rings. The standard InChI is InChI=1S/C10H12N6O2S/c11-15-10-4-3-9(7-12-10)19(17,18)14-6-8-2-1-5-13-16-8/h1-5,7,14H,6,11H2,(H,12,15). The summed E-state index contributed by atoms with van der Waals surface area (Å²) < 4.78 is 26.3. The van der Waals surface area contributed by atoms with E-state index >= 15 is 0 Å². The summed E-state index contributed by atoms with van der Waals surface area (Å²) in [6.45, 7) is 0.0626. The minimum Gasteiger partial charge on any atom is -0.308 e. The first-order valence-electron chi connectivity index (χ1n) is 5.31. The highest BCUT2D eigenvalue weighted by Gasteiger charge is 2.14. The molecule has 2 aromatic heterocycles. The Kier molecular flexibility index (Phi) is 4.00. The van der Waals surface area contributed by atoms with Crippen molar-refractivity contribution in [2.45, 2.75) is 11.4 Å². The highest BCUT2D eigenvalue weighted by atomic mass is 32.2. The molecule has 8 nitrogen and oxygen atoms in total. The lowest BCUT2D eigenvalue weighted by molar-refractivity contribution is 0.579. The zero-order chi connectivity index (χ0) is 13.7. The van der Waals surface area contributed by atoms with Gasteiger partial charge in [0.2, 0.25) is 10.0 Å². The summed E-state index contributed by atoms with van der Waals surface area (Å²) in [6.07, 6.45) is 2.73. The summed E-state index contributed by atoms with van der Waals surface area (Å²) in [5.74, 6) is 5.53. The van der Waals surface area contributed by atoms with Gasteiger partial charge in [-0.3, -0.25) is 0 Å². The second kappa shape index (κ2) is 5.69. The van der Waals surface area contributed by atoms with Gasteiger partial charge in [0.1, 0.15) is 10.7 Å². The fourth-order valence-corrected chi connectivity index (χ4v) is 2.25. The maximum atomic E-state index is 12.0. The molecule has 0 aromatic carbocycles. The van der Waals surface area contributed by atoms with Gasteiger partial charge in [-0.2, -0.15) is 10.2 Å². The fraction of sp³-hybridized carbons (Fsp3) is 0.100. The van der Waals surface area contributed by atoms with Crippen molar-refractivity contribution in [3.63, 3.8) is 0 Å². The van der Waals surface area contributed by atoms with Crippen LogP contribution in [-0.4, -0.2) is 23.6 Å². The van der Waals surface area contributed by atoms with Gasteiger partial charge in [0.15, 0.2) is 0 Å². The Morgan fingerprint density at radius 3 is 2.68 bits per heavy atom. The molecule has 0 aliphatic carbocycles. The van der Waals surface area contributed by atoms with Crippen LogP contribution in [0, 0.1) is 0 Å². The molecular formula is C10H12N6O2S. The molecular weight excluding hydrogens is 268 g/mol. The van der Waals surface area contributed by atoms with Crippen molar-refractivity contribution in [3.8, 4) is 0 Å². The molecule has 4 N–H and O–H groups in total. The number of aromatic nitrogens is 3. The number of nitrogens with zero attached hydrogens (tertiary/aromatic N) is 3. The molecule has 0 atom stereocenters. The van der Waals surface area contributed by atoms with Crippen LogP contribution in [0.4, 0.5) is 5.82 Å². The van der Waals surface area contributed by atoms with Crippen molar-refractivity contribution in [1.29, 1.82) is 0 Å². The van der Waals surface area contributed by atoms with E-state index in [2.05, 4.69) is 25.3 Å². The summed E-state index contributed by atoms with van der Waals surface area (Å²) in [6, 6.07) is 6.23. The molecule has 0 unspecified atom stereocenters.